The van der Waals surface area contributed by atoms with E-state index in [0.29, 0.717) is 5.56 Å². The average Bonchev–Trinajstić information content (AvgIpc) is 2.84. The minimum Gasteiger partial charge on any atom is -0.465 e. The van der Waals surface area contributed by atoms with Crippen LogP contribution >= 0.6 is 0 Å². The normalized spacial score (nSPS) is 10.7. The van der Waals surface area contributed by atoms with Gasteiger partial charge in [0.15, 0.2) is 5.65 Å². The molecule has 0 aliphatic carbocycles. The summed E-state index contributed by atoms with van der Waals surface area (Å²) in [6.07, 6.45) is 1.73. The largest absolute Gasteiger partial charge is 0.465 e. The maximum Gasteiger partial charge on any atom is 0.337 e. The van der Waals surface area contributed by atoms with Crippen molar-refractivity contribution in [2.75, 3.05) is 7.11 Å². The van der Waals surface area contributed by atoms with Crippen LogP contribution in [-0.2, 0) is 4.74 Å². The summed E-state index contributed by atoms with van der Waals surface area (Å²) in [7, 11) is 1.37. The van der Waals surface area contributed by atoms with Crippen molar-refractivity contribution in [1.82, 2.24) is 14.8 Å². The van der Waals surface area contributed by atoms with Crippen molar-refractivity contribution in [3.8, 4) is 5.69 Å². The highest BCUT2D eigenvalue weighted by Crippen LogP contribution is 2.20. The van der Waals surface area contributed by atoms with Crippen LogP contribution in [-0.4, -0.2) is 27.8 Å². The van der Waals surface area contributed by atoms with Gasteiger partial charge in [-0.25, -0.2) is 14.5 Å². The molecule has 2 aromatic heterocycles. The van der Waals surface area contributed by atoms with Gasteiger partial charge in [-0.05, 0) is 37.3 Å². The van der Waals surface area contributed by atoms with Crippen molar-refractivity contribution in [1.29, 1.82) is 0 Å². The van der Waals surface area contributed by atoms with E-state index in [-0.39, 0.29) is 5.97 Å². The zero-order chi connectivity index (χ0) is 14.1. The van der Waals surface area contributed by atoms with E-state index in [1.54, 1.807) is 29.1 Å². The Bertz CT molecular complexity index is 793. The second-order valence-corrected chi connectivity index (χ2v) is 4.41. The molecule has 3 rings (SSSR count). The first-order chi connectivity index (χ1) is 9.70. The van der Waals surface area contributed by atoms with Crippen LogP contribution in [0.5, 0.6) is 0 Å². The number of hydrogen-bond donors (Lipinski definition) is 0. The van der Waals surface area contributed by atoms with Crippen molar-refractivity contribution in [2.24, 2.45) is 0 Å². The lowest BCUT2D eigenvalue weighted by Gasteiger charge is -2.05. The lowest BCUT2D eigenvalue weighted by atomic mass is 10.2. The maximum absolute atomic E-state index is 11.6. The van der Waals surface area contributed by atoms with Gasteiger partial charge in [-0.3, -0.25) is 0 Å². The number of fused-ring (bicyclic) bond motifs is 1. The number of benzene rings is 1. The van der Waals surface area contributed by atoms with Gasteiger partial charge < -0.3 is 4.74 Å². The number of pyridine rings is 1. The van der Waals surface area contributed by atoms with Gasteiger partial charge in [0, 0.05) is 11.6 Å². The van der Waals surface area contributed by atoms with E-state index in [1.807, 2.05) is 25.1 Å². The third-order valence-electron chi connectivity index (χ3n) is 3.14. The van der Waals surface area contributed by atoms with Crippen LogP contribution in [0.4, 0.5) is 0 Å². The van der Waals surface area contributed by atoms with Crippen LogP contribution in [0.25, 0.3) is 16.7 Å². The molecule has 0 fully saturated rings. The standard InChI is InChI=1S/C15H13N3O2/c1-10-13-7-4-8-16-14(13)18(17-10)12-6-3-5-11(9-12)15(19)20-2/h3-9H,1-2H3. The van der Waals surface area contributed by atoms with Gasteiger partial charge in [0.2, 0.25) is 0 Å². The zero-order valence-corrected chi connectivity index (χ0v) is 11.2. The van der Waals surface area contributed by atoms with Crippen molar-refractivity contribution in [3.63, 3.8) is 0 Å². The molecule has 0 aliphatic heterocycles. The summed E-state index contributed by atoms with van der Waals surface area (Å²) in [5.41, 5.74) is 2.94. The fourth-order valence-corrected chi connectivity index (χ4v) is 2.16. The molecule has 2 heterocycles. The molecule has 5 nitrogen and oxygen atoms in total. The minimum absolute atomic E-state index is 0.368. The average molecular weight is 267 g/mol. The number of ether oxygens (including phenoxy) is 1. The molecule has 0 atom stereocenters. The van der Waals surface area contributed by atoms with Crippen LogP contribution < -0.4 is 0 Å². The third-order valence-corrected chi connectivity index (χ3v) is 3.14. The van der Waals surface area contributed by atoms with E-state index in [9.17, 15) is 4.79 Å². The molecule has 0 radical (unpaired) electrons. The second kappa shape index (κ2) is 4.77. The molecule has 1 aromatic carbocycles. The first-order valence-corrected chi connectivity index (χ1v) is 6.20. The Morgan fingerprint density at radius 3 is 2.90 bits per heavy atom. The number of rotatable bonds is 2. The number of esters is 1. The highest BCUT2D eigenvalue weighted by molar-refractivity contribution is 5.90. The van der Waals surface area contributed by atoms with Gasteiger partial charge in [-0.2, -0.15) is 5.10 Å². The second-order valence-electron chi connectivity index (χ2n) is 4.41. The lowest BCUT2D eigenvalue weighted by molar-refractivity contribution is 0.0600. The number of nitrogens with zero attached hydrogens (tertiary/aromatic N) is 3. The molecule has 0 saturated carbocycles. The molecule has 100 valence electrons. The molecule has 0 amide bonds. The van der Waals surface area contributed by atoms with Gasteiger partial charge >= 0.3 is 5.97 Å². The lowest BCUT2D eigenvalue weighted by Crippen LogP contribution is -2.04. The van der Waals surface area contributed by atoms with E-state index < -0.39 is 0 Å². The number of methoxy groups -OCH3 is 1. The molecule has 0 saturated heterocycles. The number of hydrogen-bond acceptors (Lipinski definition) is 4. The topological polar surface area (TPSA) is 57.0 Å². The first-order valence-electron chi connectivity index (χ1n) is 6.20. The molecule has 0 bridgehead atoms. The van der Waals surface area contributed by atoms with Gasteiger partial charge in [0.05, 0.1) is 24.1 Å². The van der Waals surface area contributed by atoms with E-state index in [2.05, 4.69) is 10.1 Å². The Kier molecular flexibility index (Phi) is 2.95. The quantitative estimate of drug-likeness (QED) is 0.669. The molecular weight excluding hydrogens is 254 g/mol. The van der Waals surface area contributed by atoms with Gasteiger partial charge in [-0.15, -0.1) is 0 Å². The Morgan fingerprint density at radius 2 is 2.10 bits per heavy atom. The molecule has 3 aromatic rings. The minimum atomic E-state index is -0.368. The monoisotopic (exact) mass is 267 g/mol. The highest BCUT2D eigenvalue weighted by atomic mass is 16.5. The van der Waals surface area contributed by atoms with Crippen LogP contribution in [0.3, 0.4) is 0 Å². The Labute approximate surface area is 115 Å². The van der Waals surface area contributed by atoms with Crippen LogP contribution in [0.15, 0.2) is 42.6 Å². The molecule has 0 spiro atoms. The summed E-state index contributed by atoms with van der Waals surface area (Å²) in [6, 6.07) is 11.0. The third kappa shape index (κ3) is 1.93. The molecule has 20 heavy (non-hydrogen) atoms. The smallest absolute Gasteiger partial charge is 0.337 e. The van der Waals surface area contributed by atoms with E-state index in [0.717, 1.165) is 22.4 Å². The van der Waals surface area contributed by atoms with E-state index >= 15 is 0 Å². The van der Waals surface area contributed by atoms with Crippen molar-refractivity contribution in [3.05, 3.63) is 53.9 Å². The summed E-state index contributed by atoms with van der Waals surface area (Å²) in [4.78, 5) is 16.0. The van der Waals surface area contributed by atoms with Crippen LogP contribution in [0, 0.1) is 6.92 Å². The Morgan fingerprint density at radius 1 is 1.25 bits per heavy atom. The van der Waals surface area contributed by atoms with E-state index in [4.69, 9.17) is 4.74 Å². The Hall–Kier alpha value is -2.69. The number of carbonyl (C=O) groups is 1. The summed E-state index contributed by atoms with van der Waals surface area (Å²) >= 11 is 0. The molecule has 5 heteroatoms. The SMILES string of the molecule is COC(=O)c1cccc(-n2nc(C)c3cccnc32)c1. The van der Waals surface area contributed by atoms with Gasteiger partial charge in [0.1, 0.15) is 0 Å². The van der Waals surface area contributed by atoms with E-state index in [1.165, 1.54) is 7.11 Å². The van der Waals surface area contributed by atoms with Crippen LogP contribution in [0.2, 0.25) is 0 Å². The van der Waals surface area contributed by atoms with Gasteiger partial charge in [0.25, 0.3) is 0 Å². The fourth-order valence-electron chi connectivity index (χ4n) is 2.16. The number of carbonyl (C=O) groups excluding carboxylic acids is 1. The van der Waals surface area contributed by atoms with Crippen molar-refractivity contribution >= 4 is 17.0 Å². The summed E-state index contributed by atoms with van der Waals surface area (Å²) in [5, 5.41) is 5.48. The van der Waals surface area contributed by atoms with Crippen molar-refractivity contribution in [2.45, 2.75) is 6.92 Å². The highest BCUT2D eigenvalue weighted by Gasteiger charge is 2.11. The first kappa shape index (κ1) is 12.3. The molecule has 0 unspecified atom stereocenters. The van der Waals surface area contributed by atoms with Crippen LogP contribution in [0.1, 0.15) is 16.1 Å². The zero-order valence-electron chi connectivity index (χ0n) is 11.2. The predicted octanol–water partition coefficient (Wildman–Crippen LogP) is 2.52. The summed E-state index contributed by atoms with van der Waals surface area (Å²) < 4.78 is 6.47. The van der Waals surface area contributed by atoms with Crippen molar-refractivity contribution < 1.29 is 9.53 Å². The van der Waals surface area contributed by atoms with Gasteiger partial charge in [-0.1, -0.05) is 6.07 Å². The predicted molar refractivity (Wildman–Crippen MR) is 74.9 cm³/mol. The molecule has 0 N–H and O–H groups in total. The fraction of sp³-hybridized carbons (Fsp3) is 0.133. The summed E-state index contributed by atoms with van der Waals surface area (Å²) in [6.45, 7) is 1.94. The summed E-state index contributed by atoms with van der Waals surface area (Å²) in [5.74, 6) is -0.368. The number of aryl methyl sites for hydroxylation is 1. The number of aromatic nitrogens is 3. The Balaban J connectivity index is 2.19. The maximum atomic E-state index is 11.6. The molecule has 0 aliphatic rings. The molecular formula is C15H13N3O2.